The van der Waals surface area contributed by atoms with Gasteiger partial charge in [-0.2, -0.15) is 0 Å². The van der Waals surface area contributed by atoms with Crippen molar-refractivity contribution in [1.29, 1.82) is 0 Å². The van der Waals surface area contributed by atoms with Crippen LogP contribution in [0.2, 0.25) is 0 Å². The molecule has 1 atom stereocenters. The summed E-state index contributed by atoms with van der Waals surface area (Å²) in [6, 6.07) is 8.19. The third kappa shape index (κ3) is 4.07. The van der Waals surface area contributed by atoms with Crippen LogP contribution in [0.15, 0.2) is 30.3 Å². The third-order valence-electron chi connectivity index (χ3n) is 3.42. The predicted molar refractivity (Wildman–Crippen MR) is 80.2 cm³/mol. The number of carboxylic acid groups (broad SMARTS) is 1. The van der Waals surface area contributed by atoms with E-state index in [0.29, 0.717) is 24.3 Å². The van der Waals surface area contributed by atoms with Crippen molar-refractivity contribution >= 4 is 28.8 Å². The summed E-state index contributed by atoms with van der Waals surface area (Å²) in [6.07, 6.45) is 1.42. The number of hydrogen-bond acceptors (Lipinski definition) is 4. The molecular weight excluding hydrogens is 290 g/mol. The van der Waals surface area contributed by atoms with E-state index in [-0.39, 0.29) is 17.4 Å². The van der Waals surface area contributed by atoms with E-state index in [1.807, 2.05) is 6.07 Å². The molecule has 1 aliphatic heterocycles. The van der Waals surface area contributed by atoms with Gasteiger partial charge in [0.2, 0.25) is 11.0 Å². The normalized spacial score (nSPS) is 17.7. The molecule has 0 saturated carbocycles. The number of carboxylic acids is 1. The van der Waals surface area contributed by atoms with Crippen LogP contribution >= 0.6 is 11.8 Å². The third-order valence-corrected chi connectivity index (χ3v) is 4.32. The van der Waals surface area contributed by atoms with Gasteiger partial charge in [-0.3, -0.25) is 9.59 Å². The molecule has 1 amide bonds. The van der Waals surface area contributed by atoms with Gasteiger partial charge in [0, 0.05) is 24.3 Å². The molecule has 1 aliphatic rings. The fraction of sp³-hybridized carbons (Fsp3) is 0.400. The highest BCUT2D eigenvalue weighted by Crippen LogP contribution is 2.20. The van der Waals surface area contributed by atoms with Crippen LogP contribution < -0.4 is 0 Å². The van der Waals surface area contributed by atoms with Gasteiger partial charge in [0.25, 0.3) is 0 Å². The fourth-order valence-electron chi connectivity index (χ4n) is 2.35. The Labute approximate surface area is 127 Å². The summed E-state index contributed by atoms with van der Waals surface area (Å²) in [5.74, 6) is -0.766. The molecule has 1 heterocycles. The van der Waals surface area contributed by atoms with E-state index in [1.165, 1.54) is 4.90 Å². The number of nitrogens with zero attached hydrogens (tertiary/aromatic N) is 1. The summed E-state index contributed by atoms with van der Waals surface area (Å²) in [4.78, 5) is 36.3. The Bertz CT molecular complexity index is 532. The lowest BCUT2D eigenvalue weighted by atomic mass is 10.2. The van der Waals surface area contributed by atoms with E-state index in [0.717, 1.165) is 18.2 Å². The van der Waals surface area contributed by atoms with Gasteiger partial charge in [-0.1, -0.05) is 42.1 Å². The number of carbonyl (C=O) groups is 3. The molecule has 1 unspecified atom stereocenters. The first kappa shape index (κ1) is 15.6. The quantitative estimate of drug-likeness (QED) is 0.901. The van der Waals surface area contributed by atoms with E-state index >= 15 is 0 Å². The number of thioether (sulfide) groups is 1. The minimum atomic E-state index is -0.950. The van der Waals surface area contributed by atoms with E-state index in [1.54, 1.807) is 24.3 Å². The minimum absolute atomic E-state index is 0.0698. The smallest absolute Gasteiger partial charge is 0.326 e. The second-order valence-corrected chi connectivity index (χ2v) is 5.90. The first-order valence-corrected chi connectivity index (χ1v) is 7.82. The highest BCUT2D eigenvalue weighted by atomic mass is 32.2. The maximum absolute atomic E-state index is 12.0. The number of hydrogen-bond donors (Lipinski definition) is 1. The van der Waals surface area contributed by atoms with E-state index in [4.69, 9.17) is 5.11 Å². The van der Waals surface area contributed by atoms with E-state index in [9.17, 15) is 14.4 Å². The largest absolute Gasteiger partial charge is 0.480 e. The zero-order valence-corrected chi connectivity index (χ0v) is 12.3. The Hall–Kier alpha value is -1.82. The Morgan fingerprint density at radius 3 is 2.62 bits per heavy atom. The molecule has 6 heteroatoms. The van der Waals surface area contributed by atoms with Crippen molar-refractivity contribution in [2.45, 2.75) is 25.3 Å². The summed E-state index contributed by atoms with van der Waals surface area (Å²) < 4.78 is 0. The van der Waals surface area contributed by atoms with Crippen LogP contribution in [-0.2, 0) is 9.59 Å². The molecule has 1 N–H and O–H groups in total. The zero-order chi connectivity index (χ0) is 15.2. The van der Waals surface area contributed by atoms with Crippen LogP contribution in [0.5, 0.6) is 0 Å². The number of aliphatic carboxylic acids is 1. The molecule has 112 valence electrons. The summed E-state index contributed by atoms with van der Waals surface area (Å²) in [5, 5.41) is 8.97. The molecule has 1 saturated heterocycles. The number of benzene rings is 1. The summed E-state index contributed by atoms with van der Waals surface area (Å²) >= 11 is 1.09. The SMILES string of the molecule is O=C(SCCC(=O)N1CCCC1C(=O)O)c1ccccc1. The van der Waals surface area contributed by atoms with Gasteiger partial charge >= 0.3 is 5.97 Å². The van der Waals surface area contributed by atoms with Crippen molar-refractivity contribution in [2.75, 3.05) is 12.3 Å². The van der Waals surface area contributed by atoms with Crippen LogP contribution in [0, 0.1) is 0 Å². The van der Waals surface area contributed by atoms with Gasteiger partial charge in [-0.25, -0.2) is 4.79 Å². The second-order valence-electron chi connectivity index (χ2n) is 4.84. The molecule has 1 aromatic carbocycles. The monoisotopic (exact) mass is 307 g/mol. The average molecular weight is 307 g/mol. The van der Waals surface area contributed by atoms with Gasteiger partial charge in [0.15, 0.2) is 0 Å². The number of amides is 1. The first-order valence-electron chi connectivity index (χ1n) is 6.84. The molecule has 21 heavy (non-hydrogen) atoms. The molecule has 5 nitrogen and oxygen atoms in total. The number of carbonyl (C=O) groups excluding carboxylic acids is 2. The molecule has 0 bridgehead atoms. The van der Waals surface area contributed by atoms with Crippen LogP contribution in [0.25, 0.3) is 0 Å². The fourth-order valence-corrected chi connectivity index (χ4v) is 3.12. The highest BCUT2D eigenvalue weighted by Gasteiger charge is 2.33. The molecule has 0 spiro atoms. The lowest BCUT2D eigenvalue weighted by Gasteiger charge is -2.21. The molecule has 2 rings (SSSR count). The molecule has 0 aromatic heterocycles. The zero-order valence-electron chi connectivity index (χ0n) is 11.5. The van der Waals surface area contributed by atoms with Crippen LogP contribution in [0.3, 0.4) is 0 Å². The van der Waals surface area contributed by atoms with Gasteiger partial charge in [-0.15, -0.1) is 0 Å². The van der Waals surface area contributed by atoms with Gasteiger partial charge in [0.1, 0.15) is 6.04 Å². The Morgan fingerprint density at radius 2 is 1.95 bits per heavy atom. The van der Waals surface area contributed by atoms with Crippen molar-refractivity contribution in [1.82, 2.24) is 4.90 Å². The summed E-state index contributed by atoms with van der Waals surface area (Å²) in [7, 11) is 0. The van der Waals surface area contributed by atoms with Crippen molar-refractivity contribution in [3.63, 3.8) is 0 Å². The Balaban J connectivity index is 1.79. The minimum Gasteiger partial charge on any atom is -0.480 e. The second kappa shape index (κ2) is 7.26. The highest BCUT2D eigenvalue weighted by molar-refractivity contribution is 8.14. The standard InChI is InChI=1S/C15H17NO4S/c17-13(16-9-4-7-12(16)14(18)19)8-10-21-15(20)11-5-2-1-3-6-11/h1-3,5-6,12H,4,7-10H2,(H,18,19). The molecule has 1 aromatic rings. The first-order chi connectivity index (χ1) is 10.1. The summed E-state index contributed by atoms with van der Waals surface area (Å²) in [6.45, 7) is 0.493. The van der Waals surface area contributed by atoms with E-state index in [2.05, 4.69) is 0 Å². The predicted octanol–water partition coefficient (Wildman–Crippen LogP) is 2.03. The van der Waals surface area contributed by atoms with Crippen LogP contribution in [0.4, 0.5) is 0 Å². The van der Waals surface area contributed by atoms with Gasteiger partial charge < -0.3 is 10.0 Å². The van der Waals surface area contributed by atoms with Crippen molar-refractivity contribution in [2.24, 2.45) is 0 Å². The summed E-state index contributed by atoms with van der Waals surface area (Å²) in [5.41, 5.74) is 0.611. The lowest BCUT2D eigenvalue weighted by molar-refractivity contribution is -0.148. The Kier molecular flexibility index (Phi) is 5.38. The van der Waals surface area contributed by atoms with Gasteiger partial charge in [-0.05, 0) is 12.8 Å². The van der Waals surface area contributed by atoms with Crippen LogP contribution in [-0.4, -0.2) is 45.3 Å². The lowest BCUT2D eigenvalue weighted by Crippen LogP contribution is -2.40. The molecule has 0 aliphatic carbocycles. The van der Waals surface area contributed by atoms with Crippen molar-refractivity contribution in [3.05, 3.63) is 35.9 Å². The average Bonchev–Trinajstić information content (AvgIpc) is 2.97. The van der Waals surface area contributed by atoms with Crippen molar-refractivity contribution in [3.8, 4) is 0 Å². The molecular formula is C15H17NO4S. The maximum atomic E-state index is 12.0. The van der Waals surface area contributed by atoms with Crippen molar-refractivity contribution < 1.29 is 19.5 Å². The van der Waals surface area contributed by atoms with Gasteiger partial charge in [0.05, 0.1) is 0 Å². The number of rotatable bonds is 5. The van der Waals surface area contributed by atoms with E-state index < -0.39 is 12.0 Å². The maximum Gasteiger partial charge on any atom is 0.326 e. The topological polar surface area (TPSA) is 74.7 Å². The molecule has 0 radical (unpaired) electrons. The van der Waals surface area contributed by atoms with Crippen LogP contribution in [0.1, 0.15) is 29.6 Å². The molecule has 1 fully saturated rings. The number of likely N-dealkylation sites (tertiary alicyclic amines) is 1. The Morgan fingerprint density at radius 1 is 1.24 bits per heavy atom.